The van der Waals surface area contributed by atoms with Crippen molar-refractivity contribution in [3.05, 3.63) is 55.3 Å². The van der Waals surface area contributed by atoms with Gasteiger partial charge in [-0.05, 0) is 25.1 Å². The summed E-state index contributed by atoms with van der Waals surface area (Å²) in [4.78, 5) is 36.9. The molecule has 184 valence electrons. The van der Waals surface area contributed by atoms with E-state index in [9.17, 15) is 24.1 Å². The number of allylic oxidation sites excluding steroid dienone is 1. The van der Waals surface area contributed by atoms with E-state index in [1.807, 2.05) is 0 Å². The molecule has 2 heterocycles. The van der Waals surface area contributed by atoms with Crippen LogP contribution in [0.5, 0.6) is 5.75 Å². The third-order valence-corrected chi connectivity index (χ3v) is 6.62. The molecular weight excluding hydrogens is 467 g/mol. The summed E-state index contributed by atoms with van der Waals surface area (Å²) < 4.78 is 35.2. The van der Waals surface area contributed by atoms with Crippen LogP contribution < -0.4 is 9.61 Å². The number of nitrogens with zero attached hydrogens (tertiary/aromatic N) is 1. The minimum atomic E-state index is -4.14. The molecule has 0 aromatic heterocycles. The summed E-state index contributed by atoms with van der Waals surface area (Å²) in [5.74, 6) is -1.23. The molecule has 0 bridgehead atoms. The molecule has 0 spiro atoms. The highest BCUT2D eigenvalue weighted by Gasteiger charge is 2.41. The number of benzene rings is 1. The number of carbonyl (C=O) groups is 3. The number of ketones is 1. The molecule has 11 nitrogen and oxygen atoms in total. The summed E-state index contributed by atoms with van der Waals surface area (Å²) in [6.45, 7) is 4.51. The van der Waals surface area contributed by atoms with E-state index >= 15 is 0 Å². The van der Waals surface area contributed by atoms with Crippen molar-refractivity contribution in [3.63, 3.8) is 0 Å². The van der Waals surface area contributed by atoms with Gasteiger partial charge >= 0.3 is 13.7 Å². The fourth-order valence-corrected chi connectivity index (χ4v) is 4.78. The van der Waals surface area contributed by atoms with E-state index in [1.165, 1.54) is 30.2 Å². The second-order valence-corrected chi connectivity index (χ2v) is 9.35. The van der Waals surface area contributed by atoms with Gasteiger partial charge in [0, 0.05) is 12.6 Å². The number of carbonyl (C=O) groups excluding carboxylic acids is 3. The molecule has 0 aliphatic carbocycles. The summed E-state index contributed by atoms with van der Waals surface area (Å²) in [5, 5.41) is 12.9. The van der Waals surface area contributed by atoms with Crippen LogP contribution in [0, 0.1) is 0 Å². The molecule has 1 fully saturated rings. The van der Waals surface area contributed by atoms with E-state index in [2.05, 4.69) is 11.7 Å². The van der Waals surface area contributed by atoms with Gasteiger partial charge in [-0.25, -0.2) is 4.57 Å². The van der Waals surface area contributed by atoms with Crippen LogP contribution in [0.2, 0.25) is 0 Å². The maximum Gasteiger partial charge on any atom is 0.459 e. The number of ether oxygens (including phenoxy) is 2. The first kappa shape index (κ1) is 25.8. The Hall–Kier alpha value is -2.82. The van der Waals surface area contributed by atoms with Gasteiger partial charge in [-0.2, -0.15) is 5.09 Å². The molecule has 12 heteroatoms. The first-order valence-electron chi connectivity index (χ1n) is 10.6. The first-order chi connectivity index (χ1) is 16.2. The van der Waals surface area contributed by atoms with E-state index in [4.69, 9.17) is 18.5 Å². The molecule has 0 radical (unpaired) electrons. The van der Waals surface area contributed by atoms with Crippen molar-refractivity contribution in [3.8, 4) is 5.75 Å². The Bertz CT molecular complexity index is 984. The van der Waals surface area contributed by atoms with Gasteiger partial charge in [0.1, 0.15) is 30.7 Å². The van der Waals surface area contributed by atoms with Crippen molar-refractivity contribution in [2.75, 3.05) is 13.2 Å². The average molecular weight is 494 g/mol. The van der Waals surface area contributed by atoms with Crippen molar-refractivity contribution in [1.29, 1.82) is 0 Å². The number of rotatable bonds is 11. The van der Waals surface area contributed by atoms with Gasteiger partial charge in [0.05, 0.1) is 19.1 Å². The largest absolute Gasteiger partial charge is 0.460 e. The number of hydrogen-bond donors (Lipinski definition) is 2. The summed E-state index contributed by atoms with van der Waals surface area (Å²) in [6.07, 6.45) is 0.975. The highest BCUT2D eigenvalue weighted by molar-refractivity contribution is 7.52. The fraction of sp³-hybridized carbons (Fsp3) is 0.409. The van der Waals surface area contributed by atoms with Gasteiger partial charge < -0.3 is 19.1 Å². The molecule has 0 unspecified atom stereocenters. The Labute approximate surface area is 196 Å². The van der Waals surface area contributed by atoms with Crippen molar-refractivity contribution in [2.45, 2.75) is 44.2 Å². The molecule has 34 heavy (non-hydrogen) atoms. The molecule has 1 amide bonds. The molecule has 1 aromatic carbocycles. The lowest BCUT2D eigenvalue weighted by Gasteiger charge is -2.27. The molecule has 0 saturated carbocycles. The zero-order valence-electron chi connectivity index (χ0n) is 18.6. The number of esters is 1. The first-order valence-corrected chi connectivity index (χ1v) is 12.2. The summed E-state index contributed by atoms with van der Waals surface area (Å²) >= 11 is 0. The zero-order chi connectivity index (χ0) is 24.7. The van der Waals surface area contributed by atoms with Crippen LogP contribution in [0.25, 0.3) is 0 Å². The minimum Gasteiger partial charge on any atom is -0.460 e. The van der Waals surface area contributed by atoms with Crippen molar-refractivity contribution in [2.24, 2.45) is 0 Å². The summed E-state index contributed by atoms with van der Waals surface area (Å²) in [5.41, 5.74) is 0. The predicted octanol–water partition coefficient (Wildman–Crippen LogP) is 1.69. The second kappa shape index (κ2) is 11.5. The van der Waals surface area contributed by atoms with Crippen LogP contribution >= 0.6 is 7.75 Å². The quantitative estimate of drug-likeness (QED) is 0.202. The lowest BCUT2D eigenvalue weighted by Crippen LogP contribution is -2.39. The van der Waals surface area contributed by atoms with E-state index in [-0.39, 0.29) is 37.6 Å². The molecule has 2 aliphatic heterocycles. The van der Waals surface area contributed by atoms with Crippen LogP contribution in [0.4, 0.5) is 0 Å². The number of para-hydroxylation sites is 1. The van der Waals surface area contributed by atoms with E-state index in [0.717, 1.165) is 0 Å². The van der Waals surface area contributed by atoms with E-state index in [0.29, 0.717) is 0 Å². The maximum absolute atomic E-state index is 13.5. The minimum absolute atomic E-state index is 0.0195. The Kier molecular flexibility index (Phi) is 8.76. The summed E-state index contributed by atoms with van der Waals surface area (Å²) in [7, 11) is -4.14. The van der Waals surface area contributed by atoms with E-state index < -0.39 is 44.1 Å². The monoisotopic (exact) mass is 494 g/mol. The molecule has 3 rings (SSSR count). The predicted molar refractivity (Wildman–Crippen MR) is 119 cm³/mol. The highest BCUT2D eigenvalue weighted by atomic mass is 31.2. The third-order valence-electron chi connectivity index (χ3n) is 4.98. The number of nitrogens with one attached hydrogen (secondary N) is 1. The van der Waals surface area contributed by atoms with Gasteiger partial charge in [-0.3, -0.25) is 23.8 Å². The third kappa shape index (κ3) is 6.85. The highest BCUT2D eigenvalue weighted by Crippen LogP contribution is 2.45. The SMILES string of the molecule is C=CCOC(=O)[C@H](C)N[P@](=O)(OC[C@@H]1O[C@H](N2C=CC(=O)CC2=O)C[C@H]1O)Oc1ccccc1. The average Bonchev–Trinajstić information content (AvgIpc) is 3.16. The zero-order valence-corrected chi connectivity index (χ0v) is 19.5. The molecule has 2 aliphatic rings. The number of hydrogen-bond acceptors (Lipinski definition) is 9. The number of amides is 1. The Morgan fingerprint density at radius 2 is 2.12 bits per heavy atom. The van der Waals surface area contributed by atoms with E-state index in [1.54, 1.807) is 30.3 Å². The van der Waals surface area contributed by atoms with Gasteiger partial charge in [-0.15, -0.1) is 0 Å². The second-order valence-electron chi connectivity index (χ2n) is 7.66. The molecule has 2 N–H and O–H groups in total. The molecule has 1 aromatic rings. The van der Waals surface area contributed by atoms with Gasteiger partial charge in [0.2, 0.25) is 5.91 Å². The van der Waals surface area contributed by atoms with Gasteiger partial charge in [0.25, 0.3) is 0 Å². The fourth-order valence-electron chi connectivity index (χ4n) is 3.28. The summed E-state index contributed by atoms with van der Waals surface area (Å²) in [6, 6.07) is 7.16. The van der Waals surface area contributed by atoms with Crippen LogP contribution in [0.15, 0.2) is 55.3 Å². The molecule has 5 atom stereocenters. The van der Waals surface area contributed by atoms with Crippen molar-refractivity contribution < 1.29 is 42.6 Å². The van der Waals surface area contributed by atoms with Crippen LogP contribution in [0.1, 0.15) is 19.8 Å². The van der Waals surface area contributed by atoms with Crippen LogP contribution in [0.3, 0.4) is 0 Å². The maximum atomic E-state index is 13.5. The lowest BCUT2D eigenvalue weighted by atomic mass is 10.1. The van der Waals surface area contributed by atoms with Gasteiger partial charge in [0.15, 0.2) is 5.78 Å². The Morgan fingerprint density at radius 3 is 2.79 bits per heavy atom. The van der Waals surface area contributed by atoms with Gasteiger partial charge in [-0.1, -0.05) is 30.9 Å². The number of aliphatic hydroxyl groups excluding tert-OH is 1. The lowest BCUT2D eigenvalue weighted by molar-refractivity contribution is -0.144. The normalized spacial score (nSPS) is 25.0. The molecular formula is C22H27N2O9P. The smallest absolute Gasteiger partial charge is 0.459 e. The topological polar surface area (TPSA) is 141 Å². The Balaban J connectivity index is 1.67. The van der Waals surface area contributed by atoms with Crippen molar-refractivity contribution >= 4 is 25.4 Å². The van der Waals surface area contributed by atoms with Crippen molar-refractivity contribution in [1.82, 2.24) is 9.99 Å². The molecule has 1 saturated heterocycles. The van der Waals surface area contributed by atoms with Crippen LogP contribution in [-0.4, -0.2) is 65.4 Å². The standard InChI is InChI=1S/C22H27N2O9P/c1-3-11-30-22(28)15(2)23-34(29,33-17-7-5-4-6-8-17)31-14-19-18(26)13-21(32-19)24-10-9-16(25)12-20(24)27/h3-10,15,18-19,21,26H,1,11-14H2,2H3,(H,23,29)/t15-,18+,19-,21-,34-/m0/s1. The number of aliphatic hydroxyl groups is 1. The van der Waals surface area contributed by atoms with Crippen LogP contribution in [-0.2, 0) is 32.9 Å². The Morgan fingerprint density at radius 1 is 1.38 bits per heavy atom.